The molecule has 3 aromatic rings. The standard InChI is InChI=1S/C20H20N4OS2/c1-3-14-9-7-8-12-16(14)22-20(26)24-23-18(25)17-13(2)21-19(27-17)15-10-5-4-6-11-15/h4-12H,3H2,1-2H3,(H,23,25)(H2,22,24,26). The van der Waals surface area contributed by atoms with Crippen molar-refractivity contribution in [2.45, 2.75) is 20.3 Å². The lowest BCUT2D eigenvalue weighted by Crippen LogP contribution is -2.43. The number of aromatic nitrogens is 1. The summed E-state index contributed by atoms with van der Waals surface area (Å²) in [5.41, 5.74) is 9.15. The zero-order valence-corrected chi connectivity index (χ0v) is 16.7. The molecule has 3 N–H and O–H groups in total. The monoisotopic (exact) mass is 396 g/mol. The average Bonchev–Trinajstić information content (AvgIpc) is 3.09. The number of thiazole rings is 1. The van der Waals surface area contributed by atoms with E-state index in [1.165, 1.54) is 11.3 Å². The van der Waals surface area contributed by atoms with E-state index in [-0.39, 0.29) is 5.91 Å². The number of para-hydroxylation sites is 1. The van der Waals surface area contributed by atoms with Crippen LogP contribution in [0.1, 0.15) is 27.9 Å². The summed E-state index contributed by atoms with van der Waals surface area (Å²) in [5, 5.41) is 4.25. The number of nitrogens with one attached hydrogen (secondary N) is 3. The molecule has 0 atom stereocenters. The molecule has 1 amide bonds. The van der Waals surface area contributed by atoms with Crippen LogP contribution in [0.3, 0.4) is 0 Å². The lowest BCUT2D eigenvalue weighted by molar-refractivity contribution is 0.0947. The Balaban J connectivity index is 1.62. The van der Waals surface area contributed by atoms with E-state index in [2.05, 4.69) is 28.1 Å². The second-order valence-corrected chi connectivity index (χ2v) is 7.25. The van der Waals surface area contributed by atoms with Crippen molar-refractivity contribution >= 4 is 40.3 Å². The van der Waals surface area contributed by atoms with Crippen molar-refractivity contribution in [3.05, 3.63) is 70.7 Å². The third-order valence-corrected chi connectivity index (χ3v) is 5.37. The first-order chi connectivity index (χ1) is 13.1. The Morgan fingerprint density at radius 2 is 1.78 bits per heavy atom. The largest absolute Gasteiger partial charge is 0.331 e. The number of nitrogens with zero attached hydrogens (tertiary/aromatic N) is 1. The summed E-state index contributed by atoms with van der Waals surface area (Å²) in [5.74, 6) is -0.264. The summed E-state index contributed by atoms with van der Waals surface area (Å²) in [6.45, 7) is 3.90. The fourth-order valence-electron chi connectivity index (χ4n) is 2.59. The third-order valence-electron chi connectivity index (χ3n) is 3.96. The number of amides is 1. The van der Waals surface area contributed by atoms with E-state index in [9.17, 15) is 4.79 Å². The highest BCUT2D eigenvalue weighted by molar-refractivity contribution is 7.80. The molecule has 0 bridgehead atoms. The van der Waals surface area contributed by atoms with E-state index in [0.717, 1.165) is 28.2 Å². The van der Waals surface area contributed by atoms with Crippen LogP contribution in [0.5, 0.6) is 0 Å². The molecule has 7 heteroatoms. The topological polar surface area (TPSA) is 66.0 Å². The van der Waals surface area contributed by atoms with Crippen LogP contribution < -0.4 is 16.2 Å². The highest BCUT2D eigenvalue weighted by atomic mass is 32.1. The van der Waals surface area contributed by atoms with Gasteiger partial charge in [-0.15, -0.1) is 11.3 Å². The maximum atomic E-state index is 12.5. The minimum Gasteiger partial charge on any atom is -0.331 e. The summed E-state index contributed by atoms with van der Waals surface area (Å²) in [6, 6.07) is 17.7. The minimum absolute atomic E-state index is 0.264. The number of anilines is 1. The number of aryl methyl sites for hydroxylation is 2. The highest BCUT2D eigenvalue weighted by Gasteiger charge is 2.16. The van der Waals surface area contributed by atoms with Crippen LogP contribution >= 0.6 is 23.6 Å². The molecular weight excluding hydrogens is 376 g/mol. The normalized spacial score (nSPS) is 10.3. The Morgan fingerprint density at radius 1 is 1.07 bits per heavy atom. The van der Waals surface area contributed by atoms with Gasteiger partial charge in [0.25, 0.3) is 5.91 Å². The molecule has 0 unspecified atom stereocenters. The molecule has 0 aliphatic heterocycles. The van der Waals surface area contributed by atoms with Crippen LogP contribution in [-0.4, -0.2) is 16.0 Å². The lowest BCUT2D eigenvalue weighted by atomic mass is 10.1. The van der Waals surface area contributed by atoms with E-state index in [1.807, 2.05) is 61.5 Å². The number of rotatable bonds is 4. The maximum Gasteiger partial charge on any atom is 0.281 e. The molecule has 3 rings (SSSR count). The van der Waals surface area contributed by atoms with Gasteiger partial charge < -0.3 is 5.32 Å². The molecule has 0 aliphatic carbocycles. The molecule has 27 heavy (non-hydrogen) atoms. The Kier molecular flexibility index (Phi) is 6.16. The first kappa shape index (κ1) is 19.0. The van der Waals surface area contributed by atoms with Gasteiger partial charge in [-0.25, -0.2) is 4.98 Å². The van der Waals surface area contributed by atoms with Crippen molar-refractivity contribution in [3.63, 3.8) is 0 Å². The van der Waals surface area contributed by atoms with Gasteiger partial charge in [-0.05, 0) is 37.2 Å². The smallest absolute Gasteiger partial charge is 0.281 e. The van der Waals surface area contributed by atoms with Crippen molar-refractivity contribution < 1.29 is 4.79 Å². The number of hydrogen-bond donors (Lipinski definition) is 3. The number of hydrogen-bond acceptors (Lipinski definition) is 4. The molecule has 2 aromatic carbocycles. The SMILES string of the molecule is CCc1ccccc1NC(=S)NNC(=O)c1sc(-c2ccccc2)nc1C. The number of hydrazine groups is 1. The van der Waals surface area contributed by atoms with Crippen molar-refractivity contribution in [1.82, 2.24) is 15.8 Å². The summed E-state index contributed by atoms with van der Waals surface area (Å²) < 4.78 is 0. The lowest BCUT2D eigenvalue weighted by Gasteiger charge is -2.13. The number of carbonyl (C=O) groups excluding carboxylic acids is 1. The van der Waals surface area contributed by atoms with Crippen LogP contribution in [0, 0.1) is 6.92 Å². The van der Waals surface area contributed by atoms with Crippen molar-refractivity contribution in [2.75, 3.05) is 5.32 Å². The zero-order valence-electron chi connectivity index (χ0n) is 15.1. The Morgan fingerprint density at radius 3 is 2.52 bits per heavy atom. The second-order valence-electron chi connectivity index (χ2n) is 5.84. The summed E-state index contributed by atoms with van der Waals surface area (Å²) in [4.78, 5) is 17.6. The van der Waals surface area contributed by atoms with Gasteiger partial charge in [0, 0.05) is 11.3 Å². The third kappa shape index (κ3) is 4.69. The van der Waals surface area contributed by atoms with Gasteiger partial charge in [0.1, 0.15) is 9.88 Å². The number of carbonyl (C=O) groups is 1. The van der Waals surface area contributed by atoms with Gasteiger partial charge in [0.05, 0.1) is 5.69 Å². The molecule has 0 fully saturated rings. The first-order valence-corrected chi connectivity index (χ1v) is 9.79. The summed E-state index contributed by atoms with van der Waals surface area (Å²) in [7, 11) is 0. The molecular formula is C20H20N4OS2. The van der Waals surface area contributed by atoms with E-state index >= 15 is 0 Å². The van der Waals surface area contributed by atoms with Crippen LogP contribution in [0.4, 0.5) is 5.69 Å². The molecule has 1 aromatic heterocycles. The van der Waals surface area contributed by atoms with E-state index in [0.29, 0.717) is 15.7 Å². The molecule has 0 spiro atoms. The van der Waals surface area contributed by atoms with Crippen LogP contribution in [0.15, 0.2) is 54.6 Å². The predicted molar refractivity (Wildman–Crippen MR) is 115 cm³/mol. The molecule has 0 saturated carbocycles. The van der Waals surface area contributed by atoms with Crippen molar-refractivity contribution in [2.24, 2.45) is 0 Å². The molecule has 5 nitrogen and oxygen atoms in total. The zero-order chi connectivity index (χ0) is 19.2. The van der Waals surface area contributed by atoms with Gasteiger partial charge in [-0.3, -0.25) is 15.6 Å². The first-order valence-electron chi connectivity index (χ1n) is 8.56. The maximum absolute atomic E-state index is 12.5. The van der Waals surface area contributed by atoms with E-state index in [4.69, 9.17) is 12.2 Å². The van der Waals surface area contributed by atoms with Crippen LogP contribution in [-0.2, 0) is 6.42 Å². The van der Waals surface area contributed by atoms with Gasteiger partial charge in [0.15, 0.2) is 5.11 Å². The van der Waals surface area contributed by atoms with Gasteiger partial charge in [-0.2, -0.15) is 0 Å². The number of thiocarbonyl (C=S) groups is 1. The minimum atomic E-state index is -0.264. The van der Waals surface area contributed by atoms with Crippen molar-refractivity contribution in [1.29, 1.82) is 0 Å². The Bertz CT molecular complexity index is 954. The highest BCUT2D eigenvalue weighted by Crippen LogP contribution is 2.27. The number of benzene rings is 2. The molecule has 138 valence electrons. The fourth-order valence-corrected chi connectivity index (χ4v) is 3.71. The van der Waals surface area contributed by atoms with Gasteiger partial charge in [0.2, 0.25) is 0 Å². The summed E-state index contributed by atoms with van der Waals surface area (Å²) >= 11 is 6.63. The Hall–Kier alpha value is -2.77. The molecule has 1 heterocycles. The Labute approximate surface area is 167 Å². The predicted octanol–water partition coefficient (Wildman–Crippen LogP) is 4.31. The molecule has 0 radical (unpaired) electrons. The van der Waals surface area contributed by atoms with Gasteiger partial charge in [-0.1, -0.05) is 55.5 Å². The molecule has 0 aliphatic rings. The van der Waals surface area contributed by atoms with Crippen LogP contribution in [0.2, 0.25) is 0 Å². The van der Waals surface area contributed by atoms with Crippen molar-refractivity contribution in [3.8, 4) is 10.6 Å². The quantitative estimate of drug-likeness (QED) is 0.453. The van der Waals surface area contributed by atoms with E-state index in [1.54, 1.807) is 0 Å². The van der Waals surface area contributed by atoms with E-state index < -0.39 is 0 Å². The second kappa shape index (κ2) is 8.75. The van der Waals surface area contributed by atoms with Crippen LogP contribution in [0.25, 0.3) is 10.6 Å². The fraction of sp³-hybridized carbons (Fsp3) is 0.150. The molecule has 0 saturated heterocycles. The average molecular weight is 397 g/mol. The summed E-state index contributed by atoms with van der Waals surface area (Å²) in [6.07, 6.45) is 0.889. The van der Waals surface area contributed by atoms with Gasteiger partial charge >= 0.3 is 0 Å².